The first-order valence-electron chi connectivity index (χ1n) is 11.3. The predicted octanol–water partition coefficient (Wildman–Crippen LogP) is 3.74. The molecule has 0 aliphatic carbocycles. The fourth-order valence-corrected chi connectivity index (χ4v) is 4.07. The van der Waals surface area contributed by atoms with E-state index in [1.807, 2.05) is 24.3 Å². The Morgan fingerprint density at radius 1 is 1.16 bits per heavy atom. The van der Waals surface area contributed by atoms with Crippen LogP contribution in [0.15, 0.2) is 64.0 Å². The molecule has 8 nitrogen and oxygen atoms in total. The number of hydrogen-bond acceptors (Lipinski definition) is 4. The first-order valence-corrected chi connectivity index (χ1v) is 11.3. The van der Waals surface area contributed by atoms with Gasteiger partial charge in [0.1, 0.15) is 11.3 Å². The number of benzene rings is 2. The Labute approximate surface area is 209 Å². The SMILES string of the molecule is Cc1c(C(=O)NCC#Cc2ccc3c(-c4ccco4)n[nH]c3c2)c(=O)n(Cc2ccc(F)c(F)c2)n1C. The van der Waals surface area contributed by atoms with E-state index in [9.17, 15) is 18.4 Å². The van der Waals surface area contributed by atoms with Crippen LogP contribution in [0.4, 0.5) is 8.78 Å². The number of fused-ring (bicyclic) bond motifs is 1. The van der Waals surface area contributed by atoms with Gasteiger partial charge < -0.3 is 9.73 Å². The first-order chi connectivity index (χ1) is 17.8. The molecule has 0 aliphatic heterocycles. The summed E-state index contributed by atoms with van der Waals surface area (Å²) in [4.78, 5) is 25.7. The molecule has 1 amide bonds. The van der Waals surface area contributed by atoms with Gasteiger partial charge in [0.15, 0.2) is 17.4 Å². The molecule has 0 fully saturated rings. The van der Waals surface area contributed by atoms with Gasteiger partial charge in [-0.25, -0.2) is 13.5 Å². The number of aromatic amines is 1. The number of amides is 1. The lowest BCUT2D eigenvalue weighted by molar-refractivity contribution is 0.0956. The molecular weight excluding hydrogens is 480 g/mol. The summed E-state index contributed by atoms with van der Waals surface area (Å²) in [5, 5.41) is 10.8. The highest BCUT2D eigenvalue weighted by Gasteiger charge is 2.21. The van der Waals surface area contributed by atoms with Gasteiger partial charge in [0.2, 0.25) is 0 Å². The molecule has 5 rings (SSSR count). The summed E-state index contributed by atoms with van der Waals surface area (Å²) in [6, 6.07) is 12.6. The van der Waals surface area contributed by atoms with Crippen LogP contribution in [0, 0.1) is 30.4 Å². The predicted molar refractivity (Wildman–Crippen MR) is 133 cm³/mol. The number of halogens is 2. The molecule has 2 aromatic carbocycles. The largest absolute Gasteiger partial charge is 0.463 e. The molecule has 0 bridgehead atoms. The van der Waals surface area contributed by atoms with Crippen molar-refractivity contribution in [1.29, 1.82) is 0 Å². The summed E-state index contributed by atoms with van der Waals surface area (Å²) in [6.07, 6.45) is 1.59. The Bertz CT molecular complexity index is 1750. The summed E-state index contributed by atoms with van der Waals surface area (Å²) in [5.74, 6) is 3.99. The third-order valence-corrected chi connectivity index (χ3v) is 6.09. The normalized spacial score (nSPS) is 10.9. The van der Waals surface area contributed by atoms with Crippen molar-refractivity contribution in [2.24, 2.45) is 7.05 Å². The van der Waals surface area contributed by atoms with E-state index >= 15 is 0 Å². The molecular formula is C27H21F2N5O3. The number of furan rings is 1. The minimum absolute atomic E-state index is 0.0157. The van der Waals surface area contributed by atoms with Gasteiger partial charge in [-0.2, -0.15) is 5.10 Å². The van der Waals surface area contributed by atoms with Gasteiger partial charge in [0.05, 0.1) is 24.9 Å². The van der Waals surface area contributed by atoms with Crippen molar-refractivity contribution < 1.29 is 18.0 Å². The van der Waals surface area contributed by atoms with Crippen molar-refractivity contribution in [2.45, 2.75) is 13.5 Å². The van der Waals surface area contributed by atoms with Crippen molar-refractivity contribution in [3.8, 4) is 23.3 Å². The topological polar surface area (TPSA) is 97.9 Å². The van der Waals surface area contributed by atoms with E-state index in [4.69, 9.17) is 4.42 Å². The van der Waals surface area contributed by atoms with Crippen LogP contribution in [0.5, 0.6) is 0 Å². The molecule has 3 aromatic heterocycles. The van der Waals surface area contributed by atoms with Crippen LogP contribution in [0.3, 0.4) is 0 Å². The van der Waals surface area contributed by atoms with E-state index in [0.29, 0.717) is 22.7 Å². The Morgan fingerprint density at radius 2 is 2.00 bits per heavy atom. The minimum Gasteiger partial charge on any atom is -0.463 e. The van der Waals surface area contributed by atoms with Gasteiger partial charge in [0, 0.05) is 23.7 Å². The van der Waals surface area contributed by atoms with Gasteiger partial charge in [-0.15, -0.1) is 0 Å². The molecule has 0 aliphatic rings. The summed E-state index contributed by atoms with van der Waals surface area (Å²) >= 11 is 0. The standard InChI is InChI=1S/C27H21F2N5O3/c1-16-24(27(36)34(33(16)2)15-18-8-10-20(28)21(29)13-18)26(35)30-11-3-5-17-7-9-19-22(14-17)31-32-25(19)23-6-4-12-37-23/h4,6-10,12-14H,11,15H2,1-2H3,(H,30,35)(H,31,32). The lowest BCUT2D eigenvalue weighted by Gasteiger charge is -2.08. The molecule has 0 spiro atoms. The average Bonchev–Trinajstić information content (AvgIpc) is 3.60. The van der Waals surface area contributed by atoms with Crippen molar-refractivity contribution in [3.63, 3.8) is 0 Å². The third-order valence-electron chi connectivity index (χ3n) is 6.09. The van der Waals surface area contributed by atoms with Crippen LogP contribution in [0.2, 0.25) is 0 Å². The Hall–Kier alpha value is -4.91. The summed E-state index contributed by atoms with van der Waals surface area (Å²) < 4.78 is 35.0. The Morgan fingerprint density at radius 3 is 2.76 bits per heavy atom. The lowest BCUT2D eigenvalue weighted by Crippen LogP contribution is -2.31. The van der Waals surface area contributed by atoms with E-state index in [1.54, 1.807) is 26.3 Å². The van der Waals surface area contributed by atoms with Crippen LogP contribution in [0.25, 0.3) is 22.4 Å². The van der Waals surface area contributed by atoms with Gasteiger partial charge in [-0.3, -0.25) is 19.4 Å². The van der Waals surface area contributed by atoms with E-state index < -0.39 is 23.1 Å². The molecule has 5 aromatic rings. The van der Waals surface area contributed by atoms with Crippen molar-refractivity contribution >= 4 is 16.8 Å². The number of H-pyrrole nitrogens is 1. The second kappa shape index (κ2) is 9.62. The fraction of sp³-hybridized carbons (Fsp3) is 0.148. The molecule has 0 saturated carbocycles. The summed E-state index contributed by atoms with van der Waals surface area (Å²) in [6.45, 7) is 1.65. The number of nitrogens with zero attached hydrogens (tertiary/aromatic N) is 3. The van der Waals surface area contributed by atoms with Crippen LogP contribution < -0.4 is 10.9 Å². The second-order valence-electron chi connectivity index (χ2n) is 8.39. The van der Waals surface area contributed by atoms with Gasteiger partial charge >= 0.3 is 0 Å². The molecule has 3 heterocycles. The summed E-state index contributed by atoms with van der Waals surface area (Å²) in [5.41, 5.74) is 2.49. The maximum Gasteiger partial charge on any atom is 0.280 e. The number of hydrogen-bond donors (Lipinski definition) is 2. The maximum atomic E-state index is 13.6. The van der Waals surface area contributed by atoms with Gasteiger partial charge in [-0.05, 0) is 55.0 Å². The number of nitrogens with one attached hydrogen (secondary N) is 2. The molecule has 0 radical (unpaired) electrons. The van der Waals surface area contributed by atoms with E-state index in [2.05, 4.69) is 27.4 Å². The first kappa shape index (κ1) is 23.8. The number of carbonyl (C=O) groups is 1. The molecule has 37 heavy (non-hydrogen) atoms. The van der Waals surface area contributed by atoms with Crippen LogP contribution >= 0.6 is 0 Å². The van der Waals surface area contributed by atoms with Crippen molar-refractivity contribution in [3.05, 3.63) is 99.2 Å². The van der Waals surface area contributed by atoms with Crippen molar-refractivity contribution in [2.75, 3.05) is 6.54 Å². The zero-order valence-electron chi connectivity index (χ0n) is 19.9. The fourth-order valence-electron chi connectivity index (χ4n) is 4.07. The van der Waals surface area contributed by atoms with E-state index in [-0.39, 0.29) is 18.7 Å². The number of carbonyl (C=O) groups excluding carboxylic acids is 1. The van der Waals surface area contributed by atoms with E-state index in [1.165, 1.54) is 15.4 Å². The lowest BCUT2D eigenvalue weighted by atomic mass is 10.1. The van der Waals surface area contributed by atoms with Crippen molar-refractivity contribution in [1.82, 2.24) is 24.9 Å². The zero-order chi connectivity index (χ0) is 26.1. The van der Waals surface area contributed by atoms with Gasteiger partial charge in [-0.1, -0.05) is 17.9 Å². The average molecular weight is 501 g/mol. The highest BCUT2D eigenvalue weighted by molar-refractivity contribution is 5.95. The molecule has 2 N–H and O–H groups in total. The highest BCUT2D eigenvalue weighted by Crippen LogP contribution is 2.26. The van der Waals surface area contributed by atoms with Crippen LogP contribution in [-0.4, -0.2) is 32.0 Å². The van der Waals surface area contributed by atoms with Crippen LogP contribution in [-0.2, 0) is 13.6 Å². The molecule has 10 heteroatoms. The Kier molecular flexibility index (Phi) is 6.19. The van der Waals surface area contributed by atoms with E-state index in [0.717, 1.165) is 28.6 Å². The zero-order valence-corrected chi connectivity index (χ0v) is 19.9. The monoisotopic (exact) mass is 501 g/mol. The maximum absolute atomic E-state index is 13.6. The molecule has 0 atom stereocenters. The second-order valence-corrected chi connectivity index (χ2v) is 8.39. The highest BCUT2D eigenvalue weighted by atomic mass is 19.2. The number of aromatic nitrogens is 4. The number of rotatable bonds is 5. The minimum atomic E-state index is -1.00. The quantitative estimate of drug-likeness (QED) is 0.359. The smallest absolute Gasteiger partial charge is 0.280 e. The third kappa shape index (κ3) is 4.54. The van der Waals surface area contributed by atoms with Gasteiger partial charge in [0.25, 0.3) is 11.5 Å². The summed E-state index contributed by atoms with van der Waals surface area (Å²) in [7, 11) is 1.62. The van der Waals surface area contributed by atoms with Crippen LogP contribution in [0.1, 0.15) is 27.2 Å². The molecule has 186 valence electrons. The Balaban J connectivity index is 1.28. The molecule has 0 saturated heterocycles. The molecule has 0 unspecified atom stereocenters.